The van der Waals surface area contributed by atoms with Crippen LogP contribution in [-0.4, -0.2) is 34.6 Å². The van der Waals surface area contributed by atoms with Crippen LogP contribution < -0.4 is 0 Å². The summed E-state index contributed by atoms with van der Waals surface area (Å²) in [6, 6.07) is 1.19. The van der Waals surface area contributed by atoms with Gasteiger partial charge in [-0.3, -0.25) is 9.69 Å². The van der Waals surface area contributed by atoms with E-state index in [-0.39, 0.29) is 0 Å². The molecular formula is C16H31NO2. The van der Waals surface area contributed by atoms with Crippen LogP contribution in [0.5, 0.6) is 0 Å². The van der Waals surface area contributed by atoms with Gasteiger partial charge < -0.3 is 5.11 Å². The Morgan fingerprint density at radius 1 is 1.16 bits per heavy atom. The Hall–Kier alpha value is -0.570. The first-order valence-electron chi connectivity index (χ1n) is 7.89. The van der Waals surface area contributed by atoms with Gasteiger partial charge >= 0.3 is 5.97 Å². The fourth-order valence-corrected chi connectivity index (χ4v) is 3.38. The predicted octanol–water partition coefficient (Wildman–Crippen LogP) is 3.78. The molecule has 1 N–H and O–H groups in total. The number of nitrogens with zero attached hydrogens (tertiary/aromatic N) is 1. The van der Waals surface area contributed by atoms with Crippen LogP contribution >= 0.6 is 0 Å². The van der Waals surface area contributed by atoms with Gasteiger partial charge in [0.1, 0.15) is 0 Å². The summed E-state index contributed by atoms with van der Waals surface area (Å²) >= 11 is 0. The number of hydrogen-bond donors (Lipinski definition) is 1. The van der Waals surface area contributed by atoms with E-state index >= 15 is 0 Å². The molecule has 0 bridgehead atoms. The molecule has 1 aliphatic carbocycles. The molecule has 0 saturated heterocycles. The van der Waals surface area contributed by atoms with Gasteiger partial charge in [0.05, 0.1) is 0 Å². The zero-order chi connectivity index (χ0) is 14.4. The highest BCUT2D eigenvalue weighted by molar-refractivity contribution is 5.66. The fourth-order valence-electron chi connectivity index (χ4n) is 3.38. The number of carboxylic acids is 1. The second-order valence-corrected chi connectivity index (χ2v) is 6.64. The third-order valence-electron chi connectivity index (χ3n) is 4.62. The minimum atomic E-state index is -0.674. The lowest BCUT2D eigenvalue weighted by molar-refractivity contribution is -0.137. The van der Waals surface area contributed by atoms with Crippen molar-refractivity contribution < 1.29 is 9.90 Å². The third-order valence-corrected chi connectivity index (χ3v) is 4.62. The highest BCUT2D eigenvalue weighted by atomic mass is 16.4. The molecule has 3 nitrogen and oxygen atoms in total. The summed E-state index contributed by atoms with van der Waals surface area (Å²) in [6.45, 7) is 10.1. The standard InChI is InChI=1S/C16H31NO2/c1-12(2)14-7-9-15(10-8-14)17(13(3)4)11-5-6-16(18)19/h12-15H,5-11H2,1-4H3,(H,18,19). The minimum absolute atomic E-state index is 0.296. The van der Waals surface area contributed by atoms with E-state index in [0.717, 1.165) is 24.8 Å². The van der Waals surface area contributed by atoms with Crippen molar-refractivity contribution in [1.29, 1.82) is 0 Å². The van der Waals surface area contributed by atoms with E-state index in [1.165, 1.54) is 25.7 Å². The van der Waals surface area contributed by atoms with Crippen molar-refractivity contribution >= 4 is 5.97 Å². The van der Waals surface area contributed by atoms with E-state index in [2.05, 4.69) is 32.6 Å². The van der Waals surface area contributed by atoms with Crippen LogP contribution in [0.3, 0.4) is 0 Å². The van der Waals surface area contributed by atoms with Crippen LogP contribution in [0.2, 0.25) is 0 Å². The van der Waals surface area contributed by atoms with E-state index in [9.17, 15) is 4.79 Å². The van der Waals surface area contributed by atoms with Gasteiger partial charge in [-0.25, -0.2) is 0 Å². The summed E-state index contributed by atoms with van der Waals surface area (Å²) in [6.07, 6.45) is 6.32. The maximum Gasteiger partial charge on any atom is 0.303 e. The van der Waals surface area contributed by atoms with E-state index < -0.39 is 5.97 Å². The lowest BCUT2D eigenvalue weighted by Crippen LogP contribution is -2.43. The molecule has 0 heterocycles. The maximum absolute atomic E-state index is 10.6. The maximum atomic E-state index is 10.6. The molecule has 0 amide bonds. The van der Waals surface area contributed by atoms with Crippen LogP contribution in [0.15, 0.2) is 0 Å². The summed E-state index contributed by atoms with van der Waals surface area (Å²) in [5, 5.41) is 8.75. The van der Waals surface area contributed by atoms with E-state index in [4.69, 9.17) is 5.11 Å². The van der Waals surface area contributed by atoms with Gasteiger partial charge in [0, 0.05) is 18.5 Å². The van der Waals surface area contributed by atoms with Crippen molar-refractivity contribution in [2.75, 3.05) is 6.54 Å². The van der Waals surface area contributed by atoms with Crippen LogP contribution in [-0.2, 0) is 4.79 Å². The lowest BCUT2D eigenvalue weighted by atomic mass is 9.79. The molecule has 0 radical (unpaired) electrons. The van der Waals surface area contributed by atoms with Crippen molar-refractivity contribution in [3.05, 3.63) is 0 Å². The second kappa shape index (κ2) is 7.88. The summed E-state index contributed by atoms with van der Waals surface area (Å²) in [7, 11) is 0. The summed E-state index contributed by atoms with van der Waals surface area (Å²) in [5.74, 6) is 1.02. The average molecular weight is 269 g/mol. The number of carboxylic acid groups (broad SMARTS) is 1. The highest BCUT2D eigenvalue weighted by Gasteiger charge is 2.28. The van der Waals surface area contributed by atoms with Crippen molar-refractivity contribution in [3.8, 4) is 0 Å². The molecule has 19 heavy (non-hydrogen) atoms. The molecule has 112 valence electrons. The molecule has 0 aromatic carbocycles. The fraction of sp³-hybridized carbons (Fsp3) is 0.938. The quantitative estimate of drug-likeness (QED) is 0.764. The molecule has 0 aromatic heterocycles. The molecule has 0 unspecified atom stereocenters. The predicted molar refractivity (Wildman–Crippen MR) is 79.3 cm³/mol. The summed E-state index contributed by atoms with van der Waals surface area (Å²) in [4.78, 5) is 13.2. The van der Waals surface area contributed by atoms with E-state index in [1.807, 2.05) is 0 Å². The molecule has 0 aromatic rings. The van der Waals surface area contributed by atoms with Gasteiger partial charge in [0.2, 0.25) is 0 Å². The SMILES string of the molecule is CC(C)C1CCC(N(CCCC(=O)O)C(C)C)CC1. The van der Waals surface area contributed by atoms with Gasteiger partial charge in [-0.15, -0.1) is 0 Å². The van der Waals surface area contributed by atoms with Crippen LogP contribution in [0.25, 0.3) is 0 Å². The summed E-state index contributed by atoms with van der Waals surface area (Å²) in [5.41, 5.74) is 0. The second-order valence-electron chi connectivity index (χ2n) is 6.64. The Bertz CT molecular complexity index is 268. The Morgan fingerprint density at radius 3 is 2.16 bits per heavy atom. The first kappa shape index (κ1) is 16.5. The first-order valence-corrected chi connectivity index (χ1v) is 7.89. The highest BCUT2D eigenvalue weighted by Crippen LogP contribution is 2.32. The van der Waals surface area contributed by atoms with Gasteiger partial charge in [-0.1, -0.05) is 13.8 Å². The largest absolute Gasteiger partial charge is 0.481 e. The van der Waals surface area contributed by atoms with Crippen LogP contribution in [0.1, 0.15) is 66.2 Å². The average Bonchev–Trinajstić information content (AvgIpc) is 2.34. The Labute approximate surface area is 118 Å². The van der Waals surface area contributed by atoms with Crippen molar-refractivity contribution in [3.63, 3.8) is 0 Å². The number of carbonyl (C=O) groups is 1. The normalized spacial score (nSPS) is 24.4. The van der Waals surface area contributed by atoms with Crippen molar-refractivity contribution in [2.24, 2.45) is 11.8 Å². The topological polar surface area (TPSA) is 40.5 Å². The first-order chi connectivity index (χ1) is 8.91. The lowest BCUT2D eigenvalue weighted by Gasteiger charge is -2.40. The molecule has 1 aliphatic rings. The smallest absolute Gasteiger partial charge is 0.303 e. The molecule has 0 atom stereocenters. The molecule has 0 spiro atoms. The Kier molecular flexibility index (Phi) is 6.84. The molecule has 1 saturated carbocycles. The van der Waals surface area contributed by atoms with Gasteiger partial charge in [-0.2, -0.15) is 0 Å². The monoisotopic (exact) mass is 269 g/mol. The number of hydrogen-bond acceptors (Lipinski definition) is 2. The van der Waals surface area contributed by atoms with Crippen LogP contribution in [0.4, 0.5) is 0 Å². The zero-order valence-corrected chi connectivity index (χ0v) is 13.1. The van der Waals surface area contributed by atoms with Gasteiger partial charge in [0.15, 0.2) is 0 Å². The zero-order valence-electron chi connectivity index (χ0n) is 13.1. The Balaban J connectivity index is 2.42. The number of rotatable bonds is 7. The number of aliphatic carboxylic acids is 1. The molecule has 1 rings (SSSR count). The molecule has 0 aliphatic heterocycles. The third kappa shape index (κ3) is 5.52. The summed E-state index contributed by atoms with van der Waals surface area (Å²) < 4.78 is 0. The van der Waals surface area contributed by atoms with Gasteiger partial charge in [0.25, 0.3) is 0 Å². The Morgan fingerprint density at radius 2 is 1.74 bits per heavy atom. The van der Waals surface area contributed by atoms with Gasteiger partial charge in [-0.05, 0) is 64.3 Å². The molecule has 1 fully saturated rings. The van der Waals surface area contributed by atoms with E-state index in [1.54, 1.807) is 0 Å². The molecular weight excluding hydrogens is 238 g/mol. The minimum Gasteiger partial charge on any atom is -0.481 e. The molecule has 3 heteroatoms. The van der Waals surface area contributed by atoms with E-state index in [0.29, 0.717) is 18.5 Å². The van der Waals surface area contributed by atoms with Crippen LogP contribution in [0, 0.1) is 11.8 Å². The van der Waals surface area contributed by atoms with Crippen molar-refractivity contribution in [1.82, 2.24) is 4.90 Å². The van der Waals surface area contributed by atoms with Crippen molar-refractivity contribution in [2.45, 2.75) is 78.3 Å².